The number of hydrogen-bond acceptors (Lipinski definition) is 4. The van der Waals surface area contributed by atoms with Gasteiger partial charge >= 0.3 is 0 Å². The van der Waals surface area contributed by atoms with Crippen molar-refractivity contribution in [3.63, 3.8) is 0 Å². The Morgan fingerprint density at radius 2 is 2.14 bits per heavy atom. The highest BCUT2D eigenvalue weighted by molar-refractivity contribution is 5.17. The molecule has 0 radical (unpaired) electrons. The average molecular weight is 192 g/mol. The Balaban J connectivity index is 2.33. The molecular formula is C8H12N6. The van der Waals surface area contributed by atoms with Crippen LogP contribution in [0.4, 0.5) is 0 Å². The van der Waals surface area contributed by atoms with E-state index in [2.05, 4.69) is 15.3 Å². The Hall–Kier alpha value is -1.69. The number of hydrogen-bond donors (Lipinski definition) is 1. The molecule has 6 heteroatoms. The lowest BCUT2D eigenvalue weighted by Gasteiger charge is -2.07. The fraction of sp³-hybridized carbons (Fsp3) is 0.375. The highest BCUT2D eigenvalue weighted by Gasteiger charge is 2.15. The molecule has 6 nitrogen and oxygen atoms in total. The van der Waals surface area contributed by atoms with Gasteiger partial charge in [-0.1, -0.05) is 0 Å². The van der Waals surface area contributed by atoms with Crippen LogP contribution >= 0.6 is 0 Å². The third-order valence-corrected chi connectivity index (χ3v) is 2.11. The minimum Gasteiger partial charge on any atom is -0.318 e. The summed E-state index contributed by atoms with van der Waals surface area (Å²) in [7, 11) is 3.62. The number of rotatable bonds is 2. The van der Waals surface area contributed by atoms with E-state index >= 15 is 0 Å². The van der Waals surface area contributed by atoms with E-state index in [1.54, 1.807) is 24.1 Å². The van der Waals surface area contributed by atoms with E-state index < -0.39 is 0 Å². The second kappa shape index (κ2) is 3.22. The van der Waals surface area contributed by atoms with Crippen molar-refractivity contribution in [2.75, 3.05) is 0 Å². The lowest BCUT2D eigenvalue weighted by atomic mass is 10.2. The Bertz CT molecular complexity index is 428. The van der Waals surface area contributed by atoms with Crippen molar-refractivity contribution in [3.05, 3.63) is 29.8 Å². The van der Waals surface area contributed by atoms with Crippen LogP contribution in [0.3, 0.4) is 0 Å². The number of aryl methyl sites for hydroxylation is 2. The molecule has 0 spiro atoms. The van der Waals surface area contributed by atoms with Crippen LogP contribution in [-0.4, -0.2) is 24.8 Å². The third-order valence-electron chi connectivity index (χ3n) is 2.11. The normalized spacial score (nSPS) is 13.1. The van der Waals surface area contributed by atoms with Crippen molar-refractivity contribution < 1.29 is 0 Å². The summed E-state index contributed by atoms with van der Waals surface area (Å²) in [4.78, 5) is 1.49. The van der Waals surface area contributed by atoms with Gasteiger partial charge in [0.2, 0.25) is 0 Å². The summed E-state index contributed by atoms with van der Waals surface area (Å²) in [6.45, 7) is 0. The van der Waals surface area contributed by atoms with Crippen LogP contribution in [0.5, 0.6) is 0 Å². The van der Waals surface area contributed by atoms with Crippen LogP contribution in [0.1, 0.15) is 17.4 Å². The summed E-state index contributed by atoms with van der Waals surface area (Å²) in [5.41, 5.74) is 7.67. The summed E-state index contributed by atoms with van der Waals surface area (Å²) >= 11 is 0. The molecule has 0 bridgehead atoms. The quantitative estimate of drug-likeness (QED) is 0.702. The molecule has 0 aliphatic rings. The number of nitrogens with two attached hydrogens (primary N) is 1. The molecule has 1 atom stereocenters. The van der Waals surface area contributed by atoms with E-state index in [1.165, 1.54) is 4.80 Å². The Morgan fingerprint density at radius 3 is 2.64 bits per heavy atom. The van der Waals surface area contributed by atoms with Gasteiger partial charge in [0, 0.05) is 20.3 Å². The van der Waals surface area contributed by atoms with Gasteiger partial charge in [-0.25, -0.2) is 0 Å². The second-order valence-electron chi connectivity index (χ2n) is 3.12. The maximum atomic E-state index is 6.00. The Kier molecular flexibility index (Phi) is 2.05. The lowest BCUT2D eigenvalue weighted by molar-refractivity contribution is 0.621. The molecule has 14 heavy (non-hydrogen) atoms. The van der Waals surface area contributed by atoms with Crippen LogP contribution < -0.4 is 5.73 Å². The molecule has 0 amide bonds. The molecule has 0 aliphatic carbocycles. The van der Waals surface area contributed by atoms with Crippen LogP contribution in [0.15, 0.2) is 18.5 Å². The molecule has 74 valence electrons. The molecule has 0 aromatic carbocycles. The van der Waals surface area contributed by atoms with E-state index in [4.69, 9.17) is 5.73 Å². The summed E-state index contributed by atoms with van der Waals surface area (Å²) in [5.74, 6) is 0. The molecule has 2 aromatic rings. The summed E-state index contributed by atoms with van der Waals surface area (Å²) in [6, 6.07) is 1.61. The fourth-order valence-corrected chi connectivity index (χ4v) is 1.34. The van der Waals surface area contributed by atoms with Gasteiger partial charge in [0.25, 0.3) is 0 Å². The first-order chi connectivity index (χ1) is 6.68. The molecule has 0 aliphatic heterocycles. The molecule has 1 unspecified atom stereocenters. The van der Waals surface area contributed by atoms with Gasteiger partial charge in [-0.05, 0) is 6.07 Å². The summed E-state index contributed by atoms with van der Waals surface area (Å²) in [6.07, 6.45) is 3.38. The van der Waals surface area contributed by atoms with Crippen molar-refractivity contribution in [1.29, 1.82) is 0 Å². The van der Waals surface area contributed by atoms with E-state index in [-0.39, 0.29) is 6.04 Å². The van der Waals surface area contributed by atoms with Gasteiger partial charge < -0.3 is 5.73 Å². The molecule has 2 aromatic heterocycles. The van der Waals surface area contributed by atoms with Gasteiger partial charge in [0.05, 0.1) is 17.9 Å². The highest BCUT2D eigenvalue weighted by Crippen LogP contribution is 2.15. The van der Waals surface area contributed by atoms with Crippen LogP contribution in [0.2, 0.25) is 0 Å². The monoisotopic (exact) mass is 192 g/mol. The standard InChI is InChI=1S/C8H12N6/c1-13-7(3-4-10-13)8(9)6-5-11-14(2)12-6/h3-5,8H,9H2,1-2H3. The minimum atomic E-state index is -0.267. The topological polar surface area (TPSA) is 74.6 Å². The van der Waals surface area contributed by atoms with Gasteiger partial charge in [-0.2, -0.15) is 20.1 Å². The maximum absolute atomic E-state index is 6.00. The molecule has 0 saturated heterocycles. The predicted molar refractivity (Wildman–Crippen MR) is 50.2 cm³/mol. The zero-order chi connectivity index (χ0) is 10.1. The van der Waals surface area contributed by atoms with Crippen molar-refractivity contribution in [2.45, 2.75) is 6.04 Å². The van der Waals surface area contributed by atoms with Crippen LogP contribution in [0.25, 0.3) is 0 Å². The molecule has 0 saturated carbocycles. The Labute approximate surface area is 81.3 Å². The van der Waals surface area contributed by atoms with Crippen molar-refractivity contribution >= 4 is 0 Å². The summed E-state index contributed by atoms with van der Waals surface area (Å²) in [5, 5.41) is 12.2. The molecule has 2 N–H and O–H groups in total. The van der Waals surface area contributed by atoms with Gasteiger partial charge in [0.15, 0.2) is 0 Å². The largest absolute Gasteiger partial charge is 0.318 e. The van der Waals surface area contributed by atoms with E-state index in [0.717, 1.165) is 11.4 Å². The van der Waals surface area contributed by atoms with Crippen molar-refractivity contribution in [1.82, 2.24) is 24.8 Å². The van der Waals surface area contributed by atoms with Gasteiger partial charge in [0.1, 0.15) is 5.69 Å². The SMILES string of the molecule is Cn1ncc(C(N)c2ccnn2C)n1. The zero-order valence-corrected chi connectivity index (χ0v) is 8.12. The van der Waals surface area contributed by atoms with Gasteiger partial charge in [-0.3, -0.25) is 4.68 Å². The lowest BCUT2D eigenvalue weighted by Crippen LogP contribution is -2.16. The fourth-order valence-electron chi connectivity index (χ4n) is 1.34. The first-order valence-corrected chi connectivity index (χ1v) is 4.28. The average Bonchev–Trinajstić information content (AvgIpc) is 2.73. The predicted octanol–water partition coefficient (Wildman–Crippen LogP) is -0.403. The first kappa shape index (κ1) is 8.89. The smallest absolute Gasteiger partial charge is 0.105 e. The van der Waals surface area contributed by atoms with Crippen LogP contribution in [0, 0.1) is 0 Å². The molecular weight excluding hydrogens is 180 g/mol. The minimum absolute atomic E-state index is 0.267. The maximum Gasteiger partial charge on any atom is 0.105 e. The van der Waals surface area contributed by atoms with E-state index in [1.807, 2.05) is 13.1 Å². The van der Waals surface area contributed by atoms with E-state index in [9.17, 15) is 0 Å². The van der Waals surface area contributed by atoms with E-state index in [0.29, 0.717) is 0 Å². The number of nitrogens with zero attached hydrogens (tertiary/aromatic N) is 5. The molecule has 2 heterocycles. The Morgan fingerprint density at radius 1 is 1.36 bits per heavy atom. The number of aromatic nitrogens is 5. The highest BCUT2D eigenvalue weighted by atomic mass is 15.5. The zero-order valence-electron chi connectivity index (χ0n) is 8.12. The molecule has 2 rings (SSSR count). The second-order valence-corrected chi connectivity index (χ2v) is 3.12. The van der Waals surface area contributed by atoms with Gasteiger partial charge in [-0.15, -0.1) is 0 Å². The van der Waals surface area contributed by atoms with Crippen molar-refractivity contribution in [3.8, 4) is 0 Å². The first-order valence-electron chi connectivity index (χ1n) is 4.28. The van der Waals surface area contributed by atoms with Crippen LogP contribution in [-0.2, 0) is 14.1 Å². The third kappa shape index (κ3) is 1.39. The molecule has 0 fully saturated rings. The summed E-state index contributed by atoms with van der Waals surface area (Å²) < 4.78 is 1.74. The van der Waals surface area contributed by atoms with Crippen molar-refractivity contribution in [2.24, 2.45) is 19.8 Å².